The molecule has 2 rings (SSSR count). The van der Waals surface area contributed by atoms with Gasteiger partial charge in [0.1, 0.15) is 6.04 Å². The monoisotopic (exact) mass is 403 g/mol. The van der Waals surface area contributed by atoms with E-state index in [0.717, 1.165) is 15.7 Å². The van der Waals surface area contributed by atoms with E-state index in [-0.39, 0.29) is 11.7 Å². The Morgan fingerprint density at radius 3 is 2.50 bits per heavy atom. The molecule has 0 heterocycles. The molecule has 0 bridgehead atoms. The molecular weight excluding hydrogens is 378 g/mol. The zero-order chi connectivity index (χ0) is 20.5. The number of nitrogens with one attached hydrogen (secondary N) is 1. The Hall–Kier alpha value is -2.54. The molecule has 150 valence electrons. The Morgan fingerprint density at radius 2 is 1.82 bits per heavy atom. The highest BCUT2D eigenvalue weighted by molar-refractivity contribution is 8.00. The van der Waals surface area contributed by atoms with Crippen molar-refractivity contribution in [1.29, 1.82) is 0 Å². The fraction of sp³-hybridized carbons (Fsp3) is 0.381. The van der Waals surface area contributed by atoms with E-state index in [2.05, 4.69) is 5.32 Å². The van der Waals surface area contributed by atoms with Gasteiger partial charge in [0.15, 0.2) is 6.61 Å². The Kier molecular flexibility index (Phi) is 8.32. The number of hydrogen-bond acceptors (Lipinski definition) is 6. The first-order valence-electron chi connectivity index (χ1n) is 9.09. The average Bonchev–Trinajstić information content (AvgIpc) is 2.73. The van der Waals surface area contributed by atoms with Crippen LogP contribution in [0.2, 0.25) is 0 Å². The lowest BCUT2D eigenvalue weighted by Gasteiger charge is -2.21. The molecular formula is C21H25NO5S. The van der Waals surface area contributed by atoms with Gasteiger partial charge in [-0.15, -0.1) is 11.8 Å². The highest BCUT2D eigenvalue weighted by Crippen LogP contribution is 2.23. The lowest BCUT2D eigenvalue weighted by atomic mass is 9.99. The maximum absolute atomic E-state index is 12.0. The molecule has 0 radical (unpaired) electrons. The van der Waals surface area contributed by atoms with Gasteiger partial charge >= 0.3 is 11.9 Å². The van der Waals surface area contributed by atoms with Crippen molar-refractivity contribution < 1.29 is 23.9 Å². The maximum Gasteiger partial charge on any atom is 0.328 e. The third-order valence-electron chi connectivity index (χ3n) is 4.43. The molecule has 0 fully saturated rings. The number of fused-ring (bicyclic) bond motifs is 1. The van der Waals surface area contributed by atoms with E-state index >= 15 is 0 Å². The van der Waals surface area contributed by atoms with Crippen LogP contribution in [0, 0.1) is 5.92 Å². The zero-order valence-corrected chi connectivity index (χ0v) is 17.1. The summed E-state index contributed by atoms with van der Waals surface area (Å²) in [6, 6.07) is 13.2. The number of rotatable bonds is 9. The predicted octanol–water partition coefficient (Wildman–Crippen LogP) is 3.18. The maximum atomic E-state index is 12.0. The van der Waals surface area contributed by atoms with Crippen molar-refractivity contribution >= 4 is 40.4 Å². The van der Waals surface area contributed by atoms with Crippen molar-refractivity contribution in [3.05, 3.63) is 42.5 Å². The normalized spacial score (nSPS) is 12.8. The van der Waals surface area contributed by atoms with Crippen LogP contribution in [-0.4, -0.2) is 43.4 Å². The van der Waals surface area contributed by atoms with E-state index in [9.17, 15) is 14.4 Å². The highest BCUT2D eigenvalue weighted by Gasteiger charge is 2.26. The number of ether oxygens (including phenoxy) is 2. The Morgan fingerprint density at radius 1 is 1.11 bits per heavy atom. The topological polar surface area (TPSA) is 81.7 Å². The molecule has 0 aliphatic carbocycles. The number of benzene rings is 2. The Bertz CT molecular complexity index is 838. The van der Waals surface area contributed by atoms with Crippen LogP contribution in [0.25, 0.3) is 10.8 Å². The van der Waals surface area contributed by atoms with Crippen molar-refractivity contribution in [3.8, 4) is 0 Å². The molecule has 2 aromatic rings. The number of carbonyl (C=O) groups excluding carboxylic acids is 3. The number of thioether (sulfide) groups is 1. The molecule has 2 aromatic carbocycles. The number of esters is 2. The molecule has 7 heteroatoms. The fourth-order valence-electron chi connectivity index (χ4n) is 2.60. The van der Waals surface area contributed by atoms with Crippen molar-refractivity contribution in [3.63, 3.8) is 0 Å². The van der Waals surface area contributed by atoms with E-state index in [0.29, 0.717) is 6.42 Å². The second-order valence-electron chi connectivity index (χ2n) is 6.41. The Balaban J connectivity index is 1.80. The van der Waals surface area contributed by atoms with Gasteiger partial charge in [0.25, 0.3) is 5.91 Å². The molecule has 6 nitrogen and oxygen atoms in total. The summed E-state index contributed by atoms with van der Waals surface area (Å²) in [4.78, 5) is 36.7. The molecule has 0 aliphatic rings. The summed E-state index contributed by atoms with van der Waals surface area (Å²) in [6.07, 6.45) is 0.697. The van der Waals surface area contributed by atoms with Gasteiger partial charge < -0.3 is 14.8 Å². The van der Waals surface area contributed by atoms with E-state index in [1.54, 1.807) is 0 Å². The van der Waals surface area contributed by atoms with Crippen LogP contribution in [0.5, 0.6) is 0 Å². The smallest absolute Gasteiger partial charge is 0.328 e. The molecule has 2 atom stereocenters. The van der Waals surface area contributed by atoms with Crippen molar-refractivity contribution in [1.82, 2.24) is 5.32 Å². The summed E-state index contributed by atoms with van der Waals surface area (Å²) in [5, 5.41) is 4.80. The summed E-state index contributed by atoms with van der Waals surface area (Å²) in [5.41, 5.74) is 0. The molecule has 0 aliphatic heterocycles. The van der Waals surface area contributed by atoms with Crippen LogP contribution in [0.4, 0.5) is 0 Å². The summed E-state index contributed by atoms with van der Waals surface area (Å²) in [5.74, 6) is -1.53. The van der Waals surface area contributed by atoms with Crippen LogP contribution < -0.4 is 5.32 Å². The minimum atomic E-state index is -0.756. The van der Waals surface area contributed by atoms with Crippen LogP contribution in [0.1, 0.15) is 20.3 Å². The highest BCUT2D eigenvalue weighted by atomic mass is 32.2. The largest absolute Gasteiger partial charge is 0.467 e. The molecule has 0 spiro atoms. The summed E-state index contributed by atoms with van der Waals surface area (Å²) in [7, 11) is 1.27. The van der Waals surface area contributed by atoms with Crippen molar-refractivity contribution in [2.24, 2.45) is 5.92 Å². The third kappa shape index (κ3) is 6.27. The molecule has 0 saturated carbocycles. The second-order valence-corrected chi connectivity index (χ2v) is 7.46. The molecule has 0 saturated heterocycles. The molecule has 1 N–H and O–H groups in total. The number of hydrogen-bond donors (Lipinski definition) is 1. The van der Waals surface area contributed by atoms with Gasteiger partial charge in [-0.3, -0.25) is 9.59 Å². The van der Waals surface area contributed by atoms with Gasteiger partial charge in [-0.25, -0.2) is 4.79 Å². The van der Waals surface area contributed by atoms with Gasteiger partial charge in [0, 0.05) is 4.90 Å². The number of carbonyl (C=O) groups is 3. The van der Waals surface area contributed by atoms with Crippen LogP contribution in [0.15, 0.2) is 47.4 Å². The van der Waals surface area contributed by atoms with Gasteiger partial charge in [-0.05, 0) is 28.8 Å². The minimum absolute atomic E-state index is 0.0874. The standard InChI is InChI=1S/C21H25NO5S/c1-4-14(2)20(21(25)26-3)22-18(23)12-27-19(24)13-28-17-10-9-15-7-5-6-8-16(15)11-17/h5-11,14,20H,4,12-13H2,1-3H3,(H,22,23)/t14-,20+/m0/s1. The number of amides is 1. The fourth-order valence-corrected chi connectivity index (χ4v) is 3.34. The first kappa shape index (κ1) is 21.8. The SMILES string of the molecule is CC[C@H](C)[C@@H](NC(=O)COC(=O)CSc1ccc2ccccc2c1)C(=O)OC. The molecule has 28 heavy (non-hydrogen) atoms. The lowest BCUT2D eigenvalue weighted by molar-refractivity contribution is -0.149. The van der Waals surface area contributed by atoms with E-state index in [1.165, 1.54) is 18.9 Å². The molecule has 1 amide bonds. The Labute approximate surface area is 169 Å². The number of methoxy groups -OCH3 is 1. The minimum Gasteiger partial charge on any atom is -0.467 e. The van der Waals surface area contributed by atoms with Gasteiger partial charge in [0.05, 0.1) is 12.9 Å². The first-order chi connectivity index (χ1) is 13.4. The molecule has 0 unspecified atom stereocenters. The first-order valence-corrected chi connectivity index (χ1v) is 10.1. The van der Waals surface area contributed by atoms with E-state index in [4.69, 9.17) is 9.47 Å². The van der Waals surface area contributed by atoms with E-state index in [1.807, 2.05) is 56.3 Å². The second kappa shape index (κ2) is 10.7. The quantitative estimate of drug-likeness (QED) is 0.512. The van der Waals surface area contributed by atoms with Crippen LogP contribution >= 0.6 is 11.8 Å². The van der Waals surface area contributed by atoms with Crippen LogP contribution in [-0.2, 0) is 23.9 Å². The van der Waals surface area contributed by atoms with Crippen molar-refractivity contribution in [2.75, 3.05) is 19.5 Å². The molecule has 0 aromatic heterocycles. The summed E-state index contributed by atoms with van der Waals surface area (Å²) < 4.78 is 9.73. The summed E-state index contributed by atoms with van der Waals surface area (Å²) in [6.45, 7) is 3.33. The van der Waals surface area contributed by atoms with Gasteiger partial charge in [0.2, 0.25) is 0 Å². The average molecular weight is 404 g/mol. The zero-order valence-electron chi connectivity index (χ0n) is 16.3. The lowest BCUT2D eigenvalue weighted by Crippen LogP contribution is -2.47. The summed E-state index contributed by atoms with van der Waals surface area (Å²) >= 11 is 1.35. The van der Waals surface area contributed by atoms with Gasteiger partial charge in [-0.2, -0.15) is 0 Å². The predicted molar refractivity (Wildman–Crippen MR) is 109 cm³/mol. The van der Waals surface area contributed by atoms with Gasteiger partial charge in [-0.1, -0.05) is 50.6 Å². The van der Waals surface area contributed by atoms with E-state index < -0.39 is 30.5 Å². The van der Waals surface area contributed by atoms with Crippen LogP contribution in [0.3, 0.4) is 0 Å². The van der Waals surface area contributed by atoms with Crippen molar-refractivity contribution in [2.45, 2.75) is 31.2 Å². The third-order valence-corrected chi connectivity index (χ3v) is 5.39.